The Morgan fingerprint density at radius 3 is 2.72 bits per heavy atom. The van der Waals surface area contributed by atoms with Crippen molar-refractivity contribution in [2.75, 3.05) is 45.9 Å². The smallest absolute Gasteiger partial charge is 0.223 e. The molecule has 1 aromatic rings. The van der Waals surface area contributed by atoms with Crippen LogP contribution >= 0.6 is 11.6 Å². The molecule has 0 aromatic heterocycles. The van der Waals surface area contributed by atoms with E-state index in [0.717, 1.165) is 70.8 Å². The van der Waals surface area contributed by atoms with E-state index < -0.39 is 0 Å². The summed E-state index contributed by atoms with van der Waals surface area (Å²) in [6, 6.07) is 7.55. The maximum atomic E-state index is 12.6. The number of benzene rings is 1. The van der Waals surface area contributed by atoms with Gasteiger partial charge in [-0.1, -0.05) is 29.8 Å². The summed E-state index contributed by atoms with van der Waals surface area (Å²) in [6.45, 7) is 6.25. The van der Waals surface area contributed by atoms with Crippen molar-refractivity contribution < 1.29 is 14.3 Å². The molecule has 2 saturated heterocycles. The third-order valence-electron chi connectivity index (χ3n) is 5.83. The predicted molar refractivity (Wildman–Crippen MR) is 114 cm³/mol. The number of nitrogens with zero attached hydrogens (tertiary/aromatic N) is 2. The van der Waals surface area contributed by atoms with E-state index in [4.69, 9.17) is 16.3 Å². The van der Waals surface area contributed by atoms with Gasteiger partial charge in [-0.3, -0.25) is 14.5 Å². The minimum atomic E-state index is 0.0423. The number of carbonyl (C=O) groups excluding carboxylic acids is 2. The van der Waals surface area contributed by atoms with Gasteiger partial charge in [0.15, 0.2) is 0 Å². The number of morpholine rings is 1. The molecule has 160 valence electrons. The summed E-state index contributed by atoms with van der Waals surface area (Å²) in [4.78, 5) is 29.1. The molecule has 0 radical (unpaired) electrons. The van der Waals surface area contributed by atoms with Crippen molar-refractivity contribution in [1.29, 1.82) is 0 Å². The highest BCUT2D eigenvalue weighted by atomic mass is 35.5. The van der Waals surface area contributed by atoms with Crippen molar-refractivity contribution in [3.63, 3.8) is 0 Å². The molecule has 2 aliphatic rings. The number of ether oxygens (including phenoxy) is 1. The molecule has 29 heavy (non-hydrogen) atoms. The monoisotopic (exact) mass is 421 g/mol. The second-order valence-electron chi connectivity index (χ2n) is 7.96. The standard InChI is InChI=1S/C22H32ClN3O3/c23-20-6-2-1-5-19(20)16-24-21(27)8-7-18-4-3-10-26(17-18)22(28)9-11-25-12-14-29-15-13-25/h1-2,5-6,18H,3-4,7-17H2,(H,24,27). The highest BCUT2D eigenvalue weighted by Gasteiger charge is 2.24. The van der Waals surface area contributed by atoms with Crippen molar-refractivity contribution in [2.24, 2.45) is 5.92 Å². The largest absolute Gasteiger partial charge is 0.379 e. The molecule has 1 aromatic carbocycles. The molecule has 7 heteroatoms. The maximum Gasteiger partial charge on any atom is 0.223 e. The Hall–Kier alpha value is -1.63. The van der Waals surface area contributed by atoms with Crippen LogP contribution in [0.3, 0.4) is 0 Å². The molecule has 2 amide bonds. The molecule has 0 saturated carbocycles. The molecule has 1 atom stereocenters. The lowest BCUT2D eigenvalue weighted by Gasteiger charge is -2.34. The second-order valence-corrected chi connectivity index (χ2v) is 8.37. The van der Waals surface area contributed by atoms with Crippen LogP contribution < -0.4 is 5.32 Å². The van der Waals surface area contributed by atoms with Crippen LogP contribution in [0.1, 0.15) is 37.7 Å². The zero-order valence-corrected chi connectivity index (χ0v) is 17.8. The number of rotatable bonds is 8. The van der Waals surface area contributed by atoms with Gasteiger partial charge >= 0.3 is 0 Å². The zero-order valence-electron chi connectivity index (χ0n) is 17.1. The Bertz CT molecular complexity index is 679. The van der Waals surface area contributed by atoms with Crippen LogP contribution in [-0.2, 0) is 20.9 Å². The van der Waals surface area contributed by atoms with Gasteiger partial charge in [-0.05, 0) is 36.8 Å². The van der Waals surface area contributed by atoms with Crippen molar-refractivity contribution >= 4 is 23.4 Å². The number of hydrogen-bond acceptors (Lipinski definition) is 4. The molecule has 1 unspecified atom stereocenters. The van der Waals surface area contributed by atoms with E-state index in [-0.39, 0.29) is 11.8 Å². The number of halogens is 1. The fourth-order valence-corrected chi connectivity index (χ4v) is 4.23. The van der Waals surface area contributed by atoms with Gasteiger partial charge in [0.2, 0.25) is 11.8 Å². The van der Waals surface area contributed by atoms with Crippen LogP contribution in [0.4, 0.5) is 0 Å². The van der Waals surface area contributed by atoms with Crippen molar-refractivity contribution in [3.8, 4) is 0 Å². The van der Waals surface area contributed by atoms with Gasteiger partial charge in [0.1, 0.15) is 0 Å². The van der Waals surface area contributed by atoms with Crippen LogP contribution in [0, 0.1) is 5.92 Å². The first-order valence-corrected chi connectivity index (χ1v) is 11.1. The lowest BCUT2D eigenvalue weighted by atomic mass is 9.93. The lowest BCUT2D eigenvalue weighted by Crippen LogP contribution is -2.43. The van der Waals surface area contributed by atoms with Gasteiger partial charge < -0.3 is 15.0 Å². The number of nitrogens with one attached hydrogen (secondary N) is 1. The highest BCUT2D eigenvalue weighted by molar-refractivity contribution is 6.31. The van der Waals surface area contributed by atoms with Gasteiger partial charge in [-0.25, -0.2) is 0 Å². The number of piperidine rings is 1. The first-order valence-electron chi connectivity index (χ1n) is 10.7. The summed E-state index contributed by atoms with van der Waals surface area (Å²) in [5.74, 6) is 0.687. The van der Waals surface area contributed by atoms with E-state index in [1.807, 2.05) is 29.2 Å². The molecule has 0 spiro atoms. The molecular formula is C22H32ClN3O3. The Kier molecular flexibility index (Phi) is 8.77. The van der Waals surface area contributed by atoms with Gasteiger partial charge in [0.05, 0.1) is 13.2 Å². The summed E-state index contributed by atoms with van der Waals surface area (Å²) < 4.78 is 5.36. The predicted octanol–water partition coefficient (Wildman–Crippen LogP) is 2.70. The fraction of sp³-hybridized carbons (Fsp3) is 0.636. The third kappa shape index (κ3) is 7.28. The average molecular weight is 422 g/mol. The number of likely N-dealkylation sites (tertiary alicyclic amines) is 1. The van der Waals surface area contributed by atoms with Crippen LogP contribution in [-0.4, -0.2) is 67.6 Å². The van der Waals surface area contributed by atoms with Crippen LogP contribution in [0.5, 0.6) is 0 Å². The van der Waals surface area contributed by atoms with E-state index in [2.05, 4.69) is 10.2 Å². The number of hydrogen-bond donors (Lipinski definition) is 1. The molecule has 3 rings (SSSR count). The van der Waals surface area contributed by atoms with Crippen molar-refractivity contribution in [2.45, 2.75) is 38.6 Å². The van der Waals surface area contributed by atoms with Crippen molar-refractivity contribution in [1.82, 2.24) is 15.1 Å². The molecular weight excluding hydrogens is 390 g/mol. The molecule has 0 bridgehead atoms. The fourth-order valence-electron chi connectivity index (χ4n) is 4.02. The molecule has 6 nitrogen and oxygen atoms in total. The van der Waals surface area contributed by atoms with E-state index >= 15 is 0 Å². The number of carbonyl (C=O) groups is 2. The summed E-state index contributed by atoms with van der Waals surface area (Å²) in [5, 5.41) is 3.62. The minimum absolute atomic E-state index is 0.0423. The molecule has 2 heterocycles. The minimum Gasteiger partial charge on any atom is -0.379 e. The van der Waals surface area contributed by atoms with Gasteiger partial charge in [-0.15, -0.1) is 0 Å². The van der Waals surface area contributed by atoms with Crippen LogP contribution in [0.2, 0.25) is 5.02 Å². The third-order valence-corrected chi connectivity index (χ3v) is 6.20. The van der Waals surface area contributed by atoms with Crippen LogP contribution in [0.25, 0.3) is 0 Å². The summed E-state index contributed by atoms with van der Waals surface area (Å²) in [6.07, 6.45) is 4.00. The van der Waals surface area contributed by atoms with E-state index in [1.165, 1.54) is 0 Å². The quantitative estimate of drug-likeness (QED) is 0.701. The van der Waals surface area contributed by atoms with E-state index in [1.54, 1.807) is 0 Å². The zero-order chi connectivity index (χ0) is 20.5. The molecule has 2 fully saturated rings. The molecule has 1 N–H and O–H groups in total. The Morgan fingerprint density at radius 1 is 1.14 bits per heavy atom. The topological polar surface area (TPSA) is 61.9 Å². The van der Waals surface area contributed by atoms with Gasteiger partial charge in [0.25, 0.3) is 0 Å². The summed E-state index contributed by atoms with van der Waals surface area (Å²) >= 11 is 6.13. The Balaban J connectivity index is 1.35. The number of amides is 2. The molecule has 0 aliphatic carbocycles. The highest BCUT2D eigenvalue weighted by Crippen LogP contribution is 2.22. The van der Waals surface area contributed by atoms with E-state index in [0.29, 0.717) is 30.3 Å². The summed E-state index contributed by atoms with van der Waals surface area (Å²) in [5.41, 5.74) is 0.928. The van der Waals surface area contributed by atoms with Crippen LogP contribution in [0.15, 0.2) is 24.3 Å². The lowest BCUT2D eigenvalue weighted by molar-refractivity contribution is -0.133. The van der Waals surface area contributed by atoms with Crippen molar-refractivity contribution in [3.05, 3.63) is 34.9 Å². The SMILES string of the molecule is O=C(CCC1CCCN(C(=O)CCN2CCOCC2)C1)NCc1ccccc1Cl. The average Bonchev–Trinajstić information content (AvgIpc) is 2.76. The second kappa shape index (κ2) is 11.5. The van der Waals surface area contributed by atoms with E-state index in [9.17, 15) is 9.59 Å². The van der Waals surface area contributed by atoms with Gasteiger partial charge in [0, 0.05) is 57.1 Å². The Labute approximate surface area is 178 Å². The molecule has 2 aliphatic heterocycles. The maximum absolute atomic E-state index is 12.6. The normalized spacial score (nSPS) is 20.4. The Morgan fingerprint density at radius 2 is 1.93 bits per heavy atom. The summed E-state index contributed by atoms with van der Waals surface area (Å²) in [7, 11) is 0. The first kappa shape index (κ1) is 22.1. The first-order chi connectivity index (χ1) is 14.1. The van der Waals surface area contributed by atoms with Gasteiger partial charge in [-0.2, -0.15) is 0 Å².